The van der Waals surface area contributed by atoms with E-state index in [4.69, 9.17) is 5.26 Å². The summed E-state index contributed by atoms with van der Waals surface area (Å²) in [5.41, 5.74) is 1.03. The highest BCUT2D eigenvalue weighted by molar-refractivity contribution is 5.49. The standard InChI is InChI=1S/C11H11NO/c12-9-8-11(13)7-6-10-4-2-1-3-5-10/h1-7,11,13H,8H2. The first-order valence-corrected chi connectivity index (χ1v) is 4.11. The summed E-state index contributed by atoms with van der Waals surface area (Å²) in [6, 6.07) is 11.6. The maximum absolute atomic E-state index is 9.20. The Morgan fingerprint density at radius 1 is 1.38 bits per heavy atom. The van der Waals surface area contributed by atoms with Gasteiger partial charge in [-0.05, 0) is 5.56 Å². The van der Waals surface area contributed by atoms with Crippen LogP contribution in [0.2, 0.25) is 0 Å². The molecule has 1 rings (SSSR count). The molecular weight excluding hydrogens is 162 g/mol. The fourth-order valence-electron chi connectivity index (χ4n) is 0.948. The van der Waals surface area contributed by atoms with Crippen LogP contribution in [0, 0.1) is 11.3 Å². The van der Waals surface area contributed by atoms with E-state index in [1.165, 1.54) is 0 Å². The minimum atomic E-state index is -0.662. The number of rotatable bonds is 3. The van der Waals surface area contributed by atoms with Crippen LogP contribution in [0.1, 0.15) is 12.0 Å². The van der Waals surface area contributed by atoms with Gasteiger partial charge in [-0.1, -0.05) is 42.5 Å². The van der Waals surface area contributed by atoms with E-state index in [2.05, 4.69) is 0 Å². The van der Waals surface area contributed by atoms with Crippen LogP contribution in [0.4, 0.5) is 0 Å². The van der Waals surface area contributed by atoms with Crippen LogP contribution < -0.4 is 0 Å². The molecule has 2 heteroatoms. The Labute approximate surface area is 77.8 Å². The number of nitrogens with zero attached hydrogens (tertiary/aromatic N) is 1. The maximum Gasteiger partial charge on any atom is 0.0854 e. The van der Waals surface area contributed by atoms with Gasteiger partial charge in [-0.2, -0.15) is 5.26 Å². The molecule has 0 aliphatic heterocycles. The van der Waals surface area contributed by atoms with Crippen LogP contribution in [0.15, 0.2) is 36.4 Å². The third-order valence-corrected chi connectivity index (χ3v) is 1.61. The first-order valence-electron chi connectivity index (χ1n) is 4.11. The highest BCUT2D eigenvalue weighted by Crippen LogP contribution is 2.02. The molecule has 0 bridgehead atoms. The second kappa shape index (κ2) is 5.13. The third-order valence-electron chi connectivity index (χ3n) is 1.61. The normalized spacial score (nSPS) is 12.6. The molecule has 0 heterocycles. The van der Waals surface area contributed by atoms with Crippen LogP contribution in [0.5, 0.6) is 0 Å². The van der Waals surface area contributed by atoms with Gasteiger partial charge in [0.1, 0.15) is 0 Å². The fraction of sp³-hybridized carbons (Fsp3) is 0.182. The highest BCUT2D eigenvalue weighted by atomic mass is 16.3. The molecule has 66 valence electrons. The Kier molecular flexibility index (Phi) is 3.74. The minimum Gasteiger partial charge on any atom is -0.388 e. The highest BCUT2D eigenvalue weighted by Gasteiger charge is 1.95. The SMILES string of the molecule is N#CCC(O)C=Cc1ccccc1. The van der Waals surface area contributed by atoms with Gasteiger partial charge in [0.15, 0.2) is 0 Å². The van der Waals surface area contributed by atoms with Gasteiger partial charge in [0.25, 0.3) is 0 Å². The van der Waals surface area contributed by atoms with Gasteiger partial charge in [0.2, 0.25) is 0 Å². The molecule has 0 spiro atoms. The molecule has 0 aliphatic carbocycles. The predicted molar refractivity (Wildman–Crippen MR) is 51.7 cm³/mol. The van der Waals surface area contributed by atoms with E-state index < -0.39 is 6.10 Å². The van der Waals surface area contributed by atoms with E-state index in [9.17, 15) is 5.11 Å². The third kappa shape index (κ3) is 3.55. The molecule has 0 aromatic heterocycles. The van der Waals surface area contributed by atoms with Crippen LogP contribution in [0.25, 0.3) is 6.08 Å². The first kappa shape index (κ1) is 9.50. The van der Waals surface area contributed by atoms with Crippen molar-refractivity contribution in [3.63, 3.8) is 0 Å². The molecule has 1 atom stereocenters. The van der Waals surface area contributed by atoms with E-state index in [0.717, 1.165) is 5.56 Å². The Morgan fingerprint density at radius 3 is 2.69 bits per heavy atom. The topological polar surface area (TPSA) is 44.0 Å². The van der Waals surface area contributed by atoms with Crippen molar-refractivity contribution >= 4 is 6.08 Å². The molecule has 0 amide bonds. The molecule has 0 saturated carbocycles. The van der Waals surface area contributed by atoms with E-state index in [1.807, 2.05) is 42.5 Å². The molecule has 1 aromatic rings. The number of hydrogen-bond acceptors (Lipinski definition) is 2. The predicted octanol–water partition coefficient (Wildman–Crippen LogP) is 1.97. The average Bonchev–Trinajstić information content (AvgIpc) is 2.17. The lowest BCUT2D eigenvalue weighted by Crippen LogP contribution is -1.98. The number of aliphatic hydroxyl groups is 1. The molecule has 1 aromatic carbocycles. The molecule has 0 fully saturated rings. The van der Waals surface area contributed by atoms with E-state index >= 15 is 0 Å². The molecule has 0 saturated heterocycles. The van der Waals surface area contributed by atoms with Crippen molar-refractivity contribution in [1.82, 2.24) is 0 Å². The van der Waals surface area contributed by atoms with Gasteiger partial charge in [0.05, 0.1) is 18.6 Å². The summed E-state index contributed by atoms with van der Waals surface area (Å²) in [6.07, 6.45) is 2.91. The number of aliphatic hydroxyl groups excluding tert-OH is 1. The zero-order valence-corrected chi connectivity index (χ0v) is 7.22. The summed E-state index contributed by atoms with van der Waals surface area (Å²) in [5, 5.41) is 17.5. The van der Waals surface area contributed by atoms with Gasteiger partial charge in [-0.15, -0.1) is 0 Å². The first-order chi connectivity index (χ1) is 6.33. The monoisotopic (exact) mass is 173 g/mol. The Bertz CT molecular complexity index is 311. The van der Waals surface area contributed by atoms with E-state index in [-0.39, 0.29) is 6.42 Å². The lowest BCUT2D eigenvalue weighted by molar-refractivity contribution is 0.229. The largest absolute Gasteiger partial charge is 0.388 e. The number of benzene rings is 1. The Hall–Kier alpha value is -1.59. The van der Waals surface area contributed by atoms with Crippen LogP contribution >= 0.6 is 0 Å². The van der Waals surface area contributed by atoms with Gasteiger partial charge in [-0.25, -0.2) is 0 Å². The molecule has 0 aliphatic rings. The van der Waals surface area contributed by atoms with Gasteiger partial charge < -0.3 is 5.11 Å². The average molecular weight is 173 g/mol. The summed E-state index contributed by atoms with van der Waals surface area (Å²) in [6.45, 7) is 0. The summed E-state index contributed by atoms with van der Waals surface area (Å²) in [4.78, 5) is 0. The summed E-state index contributed by atoms with van der Waals surface area (Å²) >= 11 is 0. The van der Waals surface area contributed by atoms with Crippen molar-refractivity contribution in [3.05, 3.63) is 42.0 Å². The van der Waals surface area contributed by atoms with Crippen LogP contribution in [-0.2, 0) is 0 Å². The van der Waals surface area contributed by atoms with Crippen LogP contribution in [0.3, 0.4) is 0 Å². The fourth-order valence-corrected chi connectivity index (χ4v) is 0.948. The zero-order chi connectivity index (χ0) is 9.52. The maximum atomic E-state index is 9.20. The van der Waals surface area contributed by atoms with Crippen molar-refractivity contribution < 1.29 is 5.11 Å². The molecule has 1 N–H and O–H groups in total. The zero-order valence-electron chi connectivity index (χ0n) is 7.22. The van der Waals surface area contributed by atoms with Crippen molar-refractivity contribution in [3.8, 4) is 6.07 Å². The second-order valence-corrected chi connectivity index (χ2v) is 2.70. The smallest absolute Gasteiger partial charge is 0.0854 e. The molecule has 1 unspecified atom stereocenters. The quantitative estimate of drug-likeness (QED) is 0.759. The van der Waals surface area contributed by atoms with Gasteiger partial charge in [-0.3, -0.25) is 0 Å². The molecule has 13 heavy (non-hydrogen) atoms. The van der Waals surface area contributed by atoms with Gasteiger partial charge in [0, 0.05) is 0 Å². The minimum absolute atomic E-state index is 0.142. The molecule has 0 radical (unpaired) electrons. The lowest BCUT2D eigenvalue weighted by atomic mass is 10.2. The summed E-state index contributed by atoms with van der Waals surface area (Å²) in [5.74, 6) is 0. The summed E-state index contributed by atoms with van der Waals surface area (Å²) in [7, 11) is 0. The Morgan fingerprint density at radius 2 is 2.08 bits per heavy atom. The van der Waals surface area contributed by atoms with Crippen molar-refractivity contribution in [1.29, 1.82) is 5.26 Å². The van der Waals surface area contributed by atoms with Crippen LogP contribution in [-0.4, -0.2) is 11.2 Å². The second-order valence-electron chi connectivity index (χ2n) is 2.70. The number of nitriles is 1. The van der Waals surface area contributed by atoms with Crippen molar-refractivity contribution in [2.75, 3.05) is 0 Å². The molecular formula is C11H11NO. The van der Waals surface area contributed by atoms with Crippen molar-refractivity contribution in [2.45, 2.75) is 12.5 Å². The van der Waals surface area contributed by atoms with Crippen molar-refractivity contribution in [2.24, 2.45) is 0 Å². The van der Waals surface area contributed by atoms with Gasteiger partial charge >= 0.3 is 0 Å². The Balaban J connectivity index is 2.55. The van der Waals surface area contributed by atoms with E-state index in [1.54, 1.807) is 6.08 Å². The number of hydrogen-bond donors (Lipinski definition) is 1. The lowest BCUT2D eigenvalue weighted by Gasteiger charge is -1.97. The molecule has 2 nitrogen and oxygen atoms in total. The summed E-state index contributed by atoms with van der Waals surface area (Å²) < 4.78 is 0. The van der Waals surface area contributed by atoms with E-state index in [0.29, 0.717) is 0 Å².